The lowest BCUT2D eigenvalue weighted by Gasteiger charge is -2.21. The standard InChI is InChI=1S/C23H17F5/c24-20-13-12-19(22(25)15-20)11-10-16-6-8-17(9-7-16)14-21(23(26,27)28)18-4-2-1-3-5-18/h1-13,15,21H,14H2/b11-10+. The zero-order valence-corrected chi connectivity index (χ0v) is 14.8. The summed E-state index contributed by atoms with van der Waals surface area (Å²) >= 11 is 0. The first-order valence-corrected chi connectivity index (χ1v) is 8.66. The van der Waals surface area contributed by atoms with Crippen molar-refractivity contribution in [3.05, 3.63) is 107 Å². The van der Waals surface area contributed by atoms with Crippen molar-refractivity contribution in [3.8, 4) is 0 Å². The van der Waals surface area contributed by atoms with Crippen LogP contribution in [0.1, 0.15) is 28.2 Å². The van der Waals surface area contributed by atoms with Gasteiger partial charge >= 0.3 is 6.18 Å². The maximum atomic E-state index is 13.6. The average Bonchev–Trinajstić information content (AvgIpc) is 2.66. The summed E-state index contributed by atoms with van der Waals surface area (Å²) in [6, 6.07) is 17.7. The molecule has 0 heterocycles. The normalized spacial score (nSPS) is 13.0. The fraction of sp³-hybridized carbons (Fsp3) is 0.130. The van der Waals surface area contributed by atoms with E-state index >= 15 is 0 Å². The van der Waals surface area contributed by atoms with E-state index < -0.39 is 23.7 Å². The van der Waals surface area contributed by atoms with Gasteiger partial charge in [-0.2, -0.15) is 13.2 Å². The largest absolute Gasteiger partial charge is 0.396 e. The maximum Gasteiger partial charge on any atom is 0.396 e. The molecular formula is C23H17F5. The number of halogens is 5. The molecule has 0 bridgehead atoms. The molecule has 0 aliphatic heterocycles. The summed E-state index contributed by atoms with van der Waals surface area (Å²) in [6.45, 7) is 0. The lowest BCUT2D eigenvalue weighted by atomic mass is 9.91. The zero-order valence-electron chi connectivity index (χ0n) is 14.8. The van der Waals surface area contributed by atoms with E-state index in [4.69, 9.17) is 0 Å². The van der Waals surface area contributed by atoms with Crippen LogP contribution in [-0.4, -0.2) is 6.18 Å². The van der Waals surface area contributed by atoms with Gasteiger partial charge in [-0.3, -0.25) is 0 Å². The van der Waals surface area contributed by atoms with Crippen LogP contribution in [0.2, 0.25) is 0 Å². The van der Waals surface area contributed by atoms with Crippen LogP contribution < -0.4 is 0 Å². The summed E-state index contributed by atoms with van der Waals surface area (Å²) in [5, 5.41) is 0. The fourth-order valence-electron chi connectivity index (χ4n) is 2.93. The second-order valence-corrected chi connectivity index (χ2v) is 6.45. The van der Waals surface area contributed by atoms with Gasteiger partial charge in [0.05, 0.1) is 5.92 Å². The van der Waals surface area contributed by atoms with E-state index in [0.717, 1.165) is 12.1 Å². The molecule has 0 aromatic heterocycles. The third kappa shape index (κ3) is 5.06. The molecule has 28 heavy (non-hydrogen) atoms. The van der Waals surface area contributed by atoms with Gasteiger partial charge in [-0.25, -0.2) is 8.78 Å². The number of hydrogen-bond donors (Lipinski definition) is 0. The minimum atomic E-state index is -4.35. The predicted molar refractivity (Wildman–Crippen MR) is 101 cm³/mol. The van der Waals surface area contributed by atoms with Gasteiger partial charge in [0.2, 0.25) is 0 Å². The highest BCUT2D eigenvalue weighted by Gasteiger charge is 2.40. The van der Waals surface area contributed by atoms with Gasteiger partial charge in [-0.15, -0.1) is 0 Å². The molecule has 0 aliphatic carbocycles. The van der Waals surface area contributed by atoms with Crippen LogP contribution in [0, 0.1) is 11.6 Å². The van der Waals surface area contributed by atoms with E-state index in [-0.39, 0.29) is 17.5 Å². The van der Waals surface area contributed by atoms with Crippen molar-refractivity contribution < 1.29 is 22.0 Å². The van der Waals surface area contributed by atoms with Crippen molar-refractivity contribution in [3.63, 3.8) is 0 Å². The van der Waals surface area contributed by atoms with Gasteiger partial charge in [-0.05, 0) is 35.2 Å². The van der Waals surface area contributed by atoms with E-state index in [9.17, 15) is 22.0 Å². The van der Waals surface area contributed by atoms with E-state index in [1.54, 1.807) is 48.5 Å². The van der Waals surface area contributed by atoms with Gasteiger partial charge in [-0.1, -0.05) is 66.7 Å². The topological polar surface area (TPSA) is 0 Å². The third-order valence-corrected chi connectivity index (χ3v) is 4.43. The van der Waals surface area contributed by atoms with Crippen LogP contribution in [0.5, 0.6) is 0 Å². The molecule has 1 unspecified atom stereocenters. The molecule has 0 aliphatic rings. The minimum Gasteiger partial charge on any atom is -0.207 e. The summed E-state index contributed by atoms with van der Waals surface area (Å²) in [6.07, 6.45) is -1.39. The Morgan fingerprint density at radius 1 is 0.786 bits per heavy atom. The molecule has 3 rings (SSSR count). The van der Waals surface area contributed by atoms with Crippen LogP contribution >= 0.6 is 0 Å². The van der Waals surface area contributed by atoms with Gasteiger partial charge < -0.3 is 0 Å². The first kappa shape index (κ1) is 19.8. The lowest BCUT2D eigenvalue weighted by Crippen LogP contribution is -2.22. The van der Waals surface area contributed by atoms with Gasteiger partial charge in [0.1, 0.15) is 11.6 Å². The number of alkyl halides is 3. The van der Waals surface area contributed by atoms with Crippen molar-refractivity contribution in [2.24, 2.45) is 0 Å². The first-order chi connectivity index (χ1) is 13.3. The highest BCUT2D eigenvalue weighted by molar-refractivity contribution is 5.69. The molecule has 0 nitrogen and oxygen atoms in total. The monoisotopic (exact) mass is 388 g/mol. The maximum absolute atomic E-state index is 13.6. The molecule has 0 saturated heterocycles. The molecule has 144 valence electrons. The van der Waals surface area contributed by atoms with Gasteiger partial charge in [0, 0.05) is 11.6 Å². The molecule has 1 atom stereocenters. The van der Waals surface area contributed by atoms with Crippen LogP contribution in [0.15, 0.2) is 72.8 Å². The van der Waals surface area contributed by atoms with Crippen molar-refractivity contribution in [1.29, 1.82) is 0 Å². The quantitative estimate of drug-likeness (QED) is 0.325. The molecule has 3 aromatic carbocycles. The second-order valence-electron chi connectivity index (χ2n) is 6.45. The SMILES string of the molecule is Fc1ccc(/C=C/c2ccc(CC(c3ccccc3)C(F)(F)F)cc2)c(F)c1. The summed E-state index contributed by atoms with van der Waals surface area (Å²) < 4.78 is 67.0. The van der Waals surface area contributed by atoms with Crippen LogP contribution in [0.25, 0.3) is 12.2 Å². The van der Waals surface area contributed by atoms with E-state index in [1.807, 2.05) is 0 Å². The highest BCUT2D eigenvalue weighted by Crippen LogP contribution is 2.37. The van der Waals surface area contributed by atoms with E-state index in [2.05, 4.69) is 0 Å². The van der Waals surface area contributed by atoms with E-state index in [0.29, 0.717) is 11.1 Å². The van der Waals surface area contributed by atoms with Crippen LogP contribution in [0.4, 0.5) is 22.0 Å². The van der Waals surface area contributed by atoms with Crippen molar-refractivity contribution in [2.45, 2.75) is 18.5 Å². The van der Waals surface area contributed by atoms with Crippen LogP contribution in [-0.2, 0) is 6.42 Å². The summed E-state index contributed by atoms with van der Waals surface area (Å²) in [4.78, 5) is 0. The Morgan fingerprint density at radius 3 is 2.07 bits per heavy atom. The highest BCUT2D eigenvalue weighted by atomic mass is 19.4. The molecule has 5 heteroatoms. The second kappa shape index (κ2) is 8.38. The molecule has 0 saturated carbocycles. The average molecular weight is 388 g/mol. The molecule has 0 amide bonds. The van der Waals surface area contributed by atoms with Crippen molar-refractivity contribution in [2.75, 3.05) is 0 Å². The Morgan fingerprint density at radius 2 is 1.46 bits per heavy atom. The number of benzene rings is 3. The Balaban J connectivity index is 1.75. The molecule has 0 spiro atoms. The molecule has 3 aromatic rings. The van der Waals surface area contributed by atoms with E-state index in [1.165, 1.54) is 24.3 Å². The molecule has 0 N–H and O–H groups in total. The van der Waals surface area contributed by atoms with Gasteiger partial charge in [0.25, 0.3) is 0 Å². The minimum absolute atomic E-state index is 0.163. The smallest absolute Gasteiger partial charge is 0.207 e. The Hall–Kier alpha value is -2.95. The van der Waals surface area contributed by atoms with Crippen LogP contribution in [0.3, 0.4) is 0 Å². The third-order valence-electron chi connectivity index (χ3n) is 4.43. The summed E-state index contributed by atoms with van der Waals surface area (Å²) in [5.74, 6) is -2.91. The Kier molecular flexibility index (Phi) is 5.93. The predicted octanol–water partition coefficient (Wildman–Crippen LogP) is 7.02. The molecule has 0 radical (unpaired) electrons. The summed E-state index contributed by atoms with van der Waals surface area (Å²) in [7, 11) is 0. The zero-order chi connectivity index (χ0) is 20.1. The Labute approximate surface area is 160 Å². The lowest BCUT2D eigenvalue weighted by molar-refractivity contribution is -0.150. The van der Waals surface area contributed by atoms with Crippen molar-refractivity contribution in [1.82, 2.24) is 0 Å². The molecular weight excluding hydrogens is 371 g/mol. The molecule has 0 fully saturated rings. The fourth-order valence-corrected chi connectivity index (χ4v) is 2.93. The van der Waals surface area contributed by atoms with Gasteiger partial charge in [0.15, 0.2) is 0 Å². The number of rotatable bonds is 5. The number of hydrogen-bond acceptors (Lipinski definition) is 0. The Bertz CT molecular complexity index is 941. The first-order valence-electron chi connectivity index (χ1n) is 8.66. The summed E-state index contributed by atoms with van der Waals surface area (Å²) in [5.41, 5.74) is 1.71. The van der Waals surface area contributed by atoms with Crippen molar-refractivity contribution >= 4 is 12.2 Å².